The molecule has 0 fully saturated rings. The Kier molecular flexibility index (Phi) is 7.34. The molecule has 0 heterocycles. The van der Waals surface area contributed by atoms with Gasteiger partial charge in [0.15, 0.2) is 0 Å². The van der Waals surface area contributed by atoms with E-state index >= 15 is 0 Å². The summed E-state index contributed by atoms with van der Waals surface area (Å²) < 4.78 is 196. The Morgan fingerprint density at radius 3 is 1.42 bits per heavy atom. The molecule has 0 unspecified atom stereocenters. The molecule has 2 nitrogen and oxygen atoms in total. The van der Waals surface area contributed by atoms with E-state index in [0.717, 1.165) is 5.32 Å². The summed E-state index contributed by atoms with van der Waals surface area (Å²) in [5, 5.41) is 0.931. The van der Waals surface area contributed by atoms with Crippen LogP contribution in [0.5, 0.6) is 0 Å². The summed E-state index contributed by atoms with van der Waals surface area (Å²) in [4.78, 5) is 11.2. The molecule has 1 amide bonds. The largest absolute Gasteiger partial charge is 0.460 e. The first-order valence-corrected chi connectivity index (χ1v) is 8.16. The van der Waals surface area contributed by atoms with Gasteiger partial charge in [0.25, 0.3) is 5.91 Å². The highest BCUT2D eigenvalue weighted by molar-refractivity contribution is 5.84. The Bertz CT molecular complexity index is 832. The first-order valence-electron chi connectivity index (χ1n) is 8.16. The zero-order valence-corrected chi connectivity index (χ0v) is 15.4. The lowest BCUT2D eigenvalue weighted by Gasteiger charge is -2.41. The number of halogens is 15. The van der Waals surface area contributed by atoms with Crippen molar-refractivity contribution in [1.82, 2.24) is 5.32 Å². The van der Waals surface area contributed by atoms with Crippen LogP contribution in [0.2, 0.25) is 0 Å². The molecule has 17 heteroatoms. The summed E-state index contributed by atoms with van der Waals surface area (Å²) in [6.45, 7) is -1.00. The molecule has 0 spiro atoms. The molecule has 0 saturated carbocycles. The van der Waals surface area contributed by atoms with E-state index in [0.29, 0.717) is 0 Å². The minimum absolute atomic E-state index is 0.263. The van der Waals surface area contributed by atoms with Crippen molar-refractivity contribution >= 4 is 5.91 Å². The third-order valence-corrected chi connectivity index (χ3v) is 4.15. The van der Waals surface area contributed by atoms with Crippen molar-refractivity contribution in [3.63, 3.8) is 0 Å². The maximum atomic E-state index is 13.6. The fourth-order valence-electron chi connectivity index (χ4n) is 2.19. The number of nitrogens with one attached hydrogen (secondary N) is 1. The van der Waals surface area contributed by atoms with Crippen LogP contribution < -0.4 is 5.32 Å². The molecule has 1 rings (SSSR count). The standard InChI is InChI=1S/C16H10F15NO/c17-10(18,9(33)32-7-6-8-4-2-1-3-5-8)11(19,20)12(21,22)13(23,24)14(25,26)15(27,28)16(29,30)31/h1-5H,6-7H2,(H,32,33). The van der Waals surface area contributed by atoms with Gasteiger partial charge in [0.05, 0.1) is 0 Å². The van der Waals surface area contributed by atoms with Gasteiger partial charge in [-0.15, -0.1) is 0 Å². The van der Waals surface area contributed by atoms with Gasteiger partial charge in [0, 0.05) is 6.54 Å². The summed E-state index contributed by atoms with van der Waals surface area (Å²) in [5.74, 6) is -51.3. The van der Waals surface area contributed by atoms with Gasteiger partial charge >= 0.3 is 41.7 Å². The molecule has 0 aliphatic carbocycles. The van der Waals surface area contributed by atoms with Crippen LogP contribution in [0, 0.1) is 0 Å². The first-order chi connectivity index (χ1) is 14.5. The minimum Gasteiger partial charge on any atom is -0.350 e. The Morgan fingerprint density at radius 1 is 0.606 bits per heavy atom. The predicted octanol–water partition coefficient (Wildman–Crippen LogP) is 5.72. The molecule has 1 aromatic rings. The Morgan fingerprint density at radius 2 is 1.00 bits per heavy atom. The van der Waals surface area contributed by atoms with Crippen molar-refractivity contribution < 1.29 is 70.7 Å². The van der Waals surface area contributed by atoms with Gasteiger partial charge in [-0.1, -0.05) is 30.3 Å². The molecule has 1 N–H and O–H groups in total. The monoisotopic (exact) mass is 517 g/mol. The zero-order valence-electron chi connectivity index (χ0n) is 15.4. The predicted molar refractivity (Wildman–Crippen MR) is 78.9 cm³/mol. The van der Waals surface area contributed by atoms with Gasteiger partial charge in [-0.3, -0.25) is 4.79 Å². The maximum absolute atomic E-state index is 13.6. The quantitative estimate of drug-likeness (QED) is 0.418. The lowest BCUT2D eigenvalue weighted by Crippen LogP contribution is -2.74. The summed E-state index contributed by atoms with van der Waals surface area (Å²) in [5.41, 5.74) is 0.263. The fourth-order valence-corrected chi connectivity index (χ4v) is 2.19. The first kappa shape index (κ1) is 28.7. The summed E-state index contributed by atoms with van der Waals surface area (Å²) in [7, 11) is 0. The van der Waals surface area contributed by atoms with Crippen LogP contribution in [0.1, 0.15) is 5.56 Å². The van der Waals surface area contributed by atoms with E-state index in [2.05, 4.69) is 0 Å². The number of rotatable bonds is 9. The van der Waals surface area contributed by atoms with E-state index in [1.165, 1.54) is 30.3 Å². The molecular formula is C16H10F15NO. The number of amides is 1. The minimum atomic E-state index is -8.42. The van der Waals surface area contributed by atoms with Crippen molar-refractivity contribution in [3.05, 3.63) is 35.9 Å². The van der Waals surface area contributed by atoms with Crippen molar-refractivity contribution in [2.24, 2.45) is 0 Å². The molecule has 0 saturated heterocycles. The third-order valence-electron chi connectivity index (χ3n) is 4.15. The lowest BCUT2D eigenvalue weighted by atomic mass is 9.91. The van der Waals surface area contributed by atoms with E-state index < -0.39 is 60.6 Å². The molecule has 190 valence electrons. The number of alkyl halides is 15. The molecule has 0 atom stereocenters. The number of benzene rings is 1. The average Bonchev–Trinajstić information content (AvgIpc) is 2.66. The highest BCUT2D eigenvalue weighted by atomic mass is 19.4. The molecular weight excluding hydrogens is 507 g/mol. The number of hydrogen-bond donors (Lipinski definition) is 1. The van der Waals surface area contributed by atoms with Gasteiger partial charge in [0.2, 0.25) is 0 Å². The van der Waals surface area contributed by atoms with Crippen molar-refractivity contribution in [1.29, 1.82) is 0 Å². The van der Waals surface area contributed by atoms with Gasteiger partial charge in [-0.2, -0.15) is 65.9 Å². The second-order valence-electron chi connectivity index (χ2n) is 6.44. The molecule has 0 radical (unpaired) electrons. The Balaban J connectivity index is 3.26. The van der Waals surface area contributed by atoms with Crippen LogP contribution in [0.15, 0.2) is 30.3 Å². The van der Waals surface area contributed by atoms with E-state index in [-0.39, 0.29) is 5.56 Å². The molecule has 0 aliphatic rings. The topological polar surface area (TPSA) is 29.1 Å². The van der Waals surface area contributed by atoms with Crippen molar-refractivity contribution in [2.45, 2.75) is 48.1 Å². The normalized spacial score (nSPS) is 14.9. The van der Waals surface area contributed by atoms with E-state index in [4.69, 9.17) is 0 Å². The Hall–Kier alpha value is -2.36. The van der Waals surface area contributed by atoms with Crippen LogP contribution in [0.4, 0.5) is 65.9 Å². The van der Waals surface area contributed by atoms with Crippen LogP contribution in [0.25, 0.3) is 0 Å². The summed E-state index contributed by atoms with van der Waals surface area (Å²) >= 11 is 0. The van der Waals surface area contributed by atoms with Crippen LogP contribution in [0.3, 0.4) is 0 Å². The third kappa shape index (κ3) is 4.41. The van der Waals surface area contributed by atoms with E-state index in [9.17, 15) is 70.7 Å². The molecule has 0 aromatic heterocycles. The Labute approximate surface area is 173 Å². The molecule has 1 aromatic carbocycles. The lowest BCUT2D eigenvalue weighted by molar-refractivity contribution is -0.449. The summed E-state index contributed by atoms with van der Waals surface area (Å²) in [6.07, 6.45) is -8.08. The van der Waals surface area contributed by atoms with Gasteiger partial charge in [-0.05, 0) is 12.0 Å². The maximum Gasteiger partial charge on any atom is 0.460 e. The number of carbonyl (C=O) groups is 1. The van der Waals surface area contributed by atoms with Crippen LogP contribution in [-0.2, 0) is 11.2 Å². The highest BCUT2D eigenvalue weighted by Crippen LogP contribution is 2.62. The second-order valence-corrected chi connectivity index (χ2v) is 6.44. The number of carbonyl (C=O) groups excluding carboxylic acids is 1. The SMILES string of the molecule is O=C(NCCc1ccccc1)C(F)(F)C(F)(F)C(F)(F)C(F)(F)C(F)(F)C(F)(F)C(F)(F)F. The van der Waals surface area contributed by atoms with Crippen LogP contribution >= 0.6 is 0 Å². The van der Waals surface area contributed by atoms with E-state index in [1.807, 2.05) is 0 Å². The average molecular weight is 517 g/mol. The van der Waals surface area contributed by atoms with Crippen molar-refractivity contribution in [3.8, 4) is 0 Å². The van der Waals surface area contributed by atoms with Gasteiger partial charge < -0.3 is 5.32 Å². The van der Waals surface area contributed by atoms with Crippen molar-refractivity contribution in [2.75, 3.05) is 6.54 Å². The smallest absolute Gasteiger partial charge is 0.350 e. The van der Waals surface area contributed by atoms with Gasteiger partial charge in [0.1, 0.15) is 0 Å². The molecule has 0 aliphatic heterocycles. The zero-order chi connectivity index (χ0) is 26.3. The van der Waals surface area contributed by atoms with Crippen LogP contribution in [-0.4, -0.2) is 54.2 Å². The van der Waals surface area contributed by atoms with E-state index in [1.54, 1.807) is 0 Å². The highest BCUT2D eigenvalue weighted by Gasteiger charge is 2.94. The number of hydrogen-bond acceptors (Lipinski definition) is 1. The second kappa shape index (κ2) is 8.45. The summed E-state index contributed by atoms with van der Waals surface area (Å²) in [6, 6.07) is 6.88. The molecule has 0 bridgehead atoms. The molecule has 33 heavy (non-hydrogen) atoms. The fraction of sp³-hybridized carbons (Fsp3) is 0.562. The van der Waals surface area contributed by atoms with Gasteiger partial charge in [-0.25, -0.2) is 0 Å².